The van der Waals surface area contributed by atoms with E-state index in [1.165, 1.54) is 0 Å². The maximum absolute atomic E-state index is 12.9. The number of hydrogen-bond acceptors (Lipinski definition) is 4. The van der Waals surface area contributed by atoms with Crippen LogP contribution >= 0.6 is 11.3 Å². The molecule has 0 aliphatic carbocycles. The van der Waals surface area contributed by atoms with Crippen LogP contribution in [0.2, 0.25) is 0 Å². The van der Waals surface area contributed by atoms with Crippen LogP contribution < -0.4 is 10.9 Å². The number of para-hydroxylation sites is 1. The van der Waals surface area contributed by atoms with Gasteiger partial charge in [-0.05, 0) is 23.9 Å². The number of aromatic amines is 1. The van der Waals surface area contributed by atoms with E-state index in [1.54, 1.807) is 17.5 Å². The minimum absolute atomic E-state index is 0.0974. The van der Waals surface area contributed by atoms with E-state index in [0.29, 0.717) is 18.5 Å². The van der Waals surface area contributed by atoms with Crippen LogP contribution in [0.3, 0.4) is 0 Å². The van der Waals surface area contributed by atoms with Gasteiger partial charge in [0.05, 0.1) is 18.3 Å². The first-order chi connectivity index (χ1) is 12.7. The Morgan fingerprint density at radius 1 is 1.27 bits per heavy atom. The van der Waals surface area contributed by atoms with Crippen LogP contribution in [0.25, 0.3) is 21.8 Å². The summed E-state index contributed by atoms with van der Waals surface area (Å²) in [7, 11) is 0. The van der Waals surface area contributed by atoms with Crippen molar-refractivity contribution in [3.8, 4) is 0 Å². The zero-order chi connectivity index (χ0) is 18.1. The van der Waals surface area contributed by atoms with E-state index in [2.05, 4.69) is 15.5 Å². The van der Waals surface area contributed by atoms with Crippen molar-refractivity contribution in [1.29, 1.82) is 0 Å². The summed E-state index contributed by atoms with van der Waals surface area (Å²) in [6.45, 7) is 2.44. The molecule has 0 spiro atoms. The molecule has 7 heteroatoms. The number of hydrogen-bond donors (Lipinski definition) is 2. The van der Waals surface area contributed by atoms with Gasteiger partial charge in [-0.25, -0.2) is 5.10 Å². The van der Waals surface area contributed by atoms with Gasteiger partial charge in [0, 0.05) is 15.6 Å². The molecule has 0 bridgehead atoms. The third kappa shape index (κ3) is 2.70. The molecular formula is C19H18N4O2S. The van der Waals surface area contributed by atoms with Crippen LogP contribution in [-0.2, 0) is 11.3 Å². The monoisotopic (exact) mass is 366 g/mol. The first kappa shape index (κ1) is 16.5. The molecule has 0 saturated carbocycles. The normalized spacial score (nSPS) is 12.5. The zero-order valence-electron chi connectivity index (χ0n) is 14.2. The molecule has 2 N–H and O–H groups in total. The highest BCUT2D eigenvalue weighted by atomic mass is 32.1. The number of carbonyl (C=O) groups is 1. The molecule has 3 aromatic heterocycles. The molecular weight excluding hydrogens is 348 g/mol. The van der Waals surface area contributed by atoms with E-state index < -0.39 is 6.04 Å². The Kier molecular flexibility index (Phi) is 4.30. The Balaban J connectivity index is 1.82. The first-order valence-electron chi connectivity index (χ1n) is 8.47. The average Bonchev–Trinajstić information content (AvgIpc) is 3.28. The molecule has 1 amide bonds. The molecule has 1 atom stereocenters. The van der Waals surface area contributed by atoms with E-state index in [4.69, 9.17) is 0 Å². The zero-order valence-corrected chi connectivity index (χ0v) is 15.0. The van der Waals surface area contributed by atoms with Crippen LogP contribution in [-0.4, -0.2) is 20.7 Å². The fourth-order valence-corrected chi connectivity index (χ4v) is 4.02. The van der Waals surface area contributed by atoms with E-state index in [9.17, 15) is 9.59 Å². The first-order valence-corrected chi connectivity index (χ1v) is 9.35. The van der Waals surface area contributed by atoms with Crippen LogP contribution in [0.15, 0.2) is 52.8 Å². The molecule has 0 aliphatic heterocycles. The van der Waals surface area contributed by atoms with E-state index >= 15 is 0 Å². The molecule has 3 heterocycles. The predicted octanol–water partition coefficient (Wildman–Crippen LogP) is 3.21. The highest BCUT2D eigenvalue weighted by Crippen LogP contribution is 2.30. The molecule has 4 rings (SSSR count). The summed E-state index contributed by atoms with van der Waals surface area (Å²) in [6, 6.07) is 11.2. The van der Waals surface area contributed by atoms with Crippen molar-refractivity contribution in [2.75, 3.05) is 0 Å². The maximum Gasteiger partial charge on any atom is 0.288 e. The van der Waals surface area contributed by atoms with Gasteiger partial charge in [0.25, 0.3) is 5.56 Å². The summed E-state index contributed by atoms with van der Waals surface area (Å²) in [5.41, 5.74) is 1.06. The summed E-state index contributed by atoms with van der Waals surface area (Å²) in [5, 5.41) is 13.1. The number of carbonyl (C=O) groups excluding carboxylic acids is 1. The second-order valence-corrected chi connectivity index (χ2v) is 7.10. The van der Waals surface area contributed by atoms with Gasteiger partial charge < -0.3 is 9.88 Å². The number of rotatable bonds is 5. The molecule has 132 valence electrons. The van der Waals surface area contributed by atoms with Crippen molar-refractivity contribution in [2.24, 2.45) is 0 Å². The van der Waals surface area contributed by atoms with Gasteiger partial charge in [0.2, 0.25) is 5.91 Å². The van der Waals surface area contributed by atoms with Gasteiger partial charge in [-0.15, -0.1) is 11.3 Å². The lowest BCUT2D eigenvalue weighted by molar-refractivity contribution is -0.124. The topological polar surface area (TPSA) is 79.8 Å². The molecule has 0 fully saturated rings. The standard InChI is InChI=1S/C19H18N4O2S/c1-2-15(18(24)20-10-12-6-5-9-26-12)23-16-8-4-3-7-13(16)14-11-21-22-19(25)17(14)23/h3-9,11,15H,2,10H2,1H3,(H,20,24)(H,22,25). The van der Waals surface area contributed by atoms with Crippen LogP contribution in [0.1, 0.15) is 24.3 Å². The Labute approximate surface area is 153 Å². The predicted molar refractivity (Wildman–Crippen MR) is 103 cm³/mol. The number of amides is 1. The molecule has 0 saturated heterocycles. The van der Waals surface area contributed by atoms with Gasteiger partial charge in [-0.2, -0.15) is 5.10 Å². The number of H-pyrrole nitrogens is 1. The summed E-state index contributed by atoms with van der Waals surface area (Å²) in [6.07, 6.45) is 2.22. The van der Waals surface area contributed by atoms with Crippen LogP contribution in [0, 0.1) is 0 Å². The number of nitrogens with one attached hydrogen (secondary N) is 2. The van der Waals surface area contributed by atoms with Crippen molar-refractivity contribution < 1.29 is 4.79 Å². The Morgan fingerprint density at radius 2 is 2.12 bits per heavy atom. The maximum atomic E-state index is 12.9. The highest BCUT2D eigenvalue weighted by molar-refractivity contribution is 7.09. The van der Waals surface area contributed by atoms with Gasteiger partial charge in [0.15, 0.2) is 0 Å². The Morgan fingerprint density at radius 3 is 2.88 bits per heavy atom. The largest absolute Gasteiger partial charge is 0.349 e. The summed E-state index contributed by atoms with van der Waals surface area (Å²) >= 11 is 1.60. The average molecular weight is 366 g/mol. The number of fused-ring (bicyclic) bond motifs is 3. The summed E-state index contributed by atoms with van der Waals surface area (Å²) in [5.74, 6) is -0.0974. The van der Waals surface area contributed by atoms with Gasteiger partial charge >= 0.3 is 0 Å². The van der Waals surface area contributed by atoms with Crippen molar-refractivity contribution in [1.82, 2.24) is 20.1 Å². The van der Waals surface area contributed by atoms with E-state index in [-0.39, 0.29) is 11.5 Å². The summed E-state index contributed by atoms with van der Waals surface area (Å²) in [4.78, 5) is 26.5. The van der Waals surface area contributed by atoms with Gasteiger partial charge in [0.1, 0.15) is 11.6 Å². The van der Waals surface area contributed by atoms with Crippen LogP contribution in [0.4, 0.5) is 0 Å². The molecule has 6 nitrogen and oxygen atoms in total. The number of nitrogens with zero attached hydrogens (tertiary/aromatic N) is 2. The lowest BCUT2D eigenvalue weighted by atomic mass is 10.2. The fourth-order valence-electron chi connectivity index (χ4n) is 3.37. The molecule has 26 heavy (non-hydrogen) atoms. The van der Waals surface area contributed by atoms with Crippen molar-refractivity contribution in [3.63, 3.8) is 0 Å². The number of benzene rings is 1. The highest BCUT2D eigenvalue weighted by Gasteiger charge is 2.24. The number of thiophene rings is 1. The third-order valence-corrected chi connectivity index (χ3v) is 5.42. The van der Waals surface area contributed by atoms with Crippen molar-refractivity contribution in [3.05, 3.63) is 63.2 Å². The fraction of sp³-hybridized carbons (Fsp3) is 0.211. The smallest absolute Gasteiger partial charge is 0.288 e. The second-order valence-electron chi connectivity index (χ2n) is 6.07. The Bertz CT molecular complexity index is 1130. The van der Waals surface area contributed by atoms with E-state index in [1.807, 2.05) is 53.3 Å². The Hall–Kier alpha value is -2.93. The SMILES string of the molecule is CCC(C(=O)NCc1cccs1)n1c2ccccc2c2cn[nH]c(=O)c21. The lowest BCUT2D eigenvalue weighted by Gasteiger charge is -2.19. The van der Waals surface area contributed by atoms with Crippen molar-refractivity contribution >= 4 is 39.0 Å². The summed E-state index contributed by atoms with van der Waals surface area (Å²) < 4.78 is 1.84. The van der Waals surface area contributed by atoms with E-state index in [0.717, 1.165) is 21.2 Å². The molecule has 0 aliphatic rings. The van der Waals surface area contributed by atoms with Crippen molar-refractivity contribution in [2.45, 2.75) is 25.9 Å². The molecule has 1 aromatic carbocycles. The minimum Gasteiger partial charge on any atom is -0.349 e. The quantitative estimate of drug-likeness (QED) is 0.569. The molecule has 4 aromatic rings. The second kappa shape index (κ2) is 6.76. The van der Waals surface area contributed by atoms with Crippen LogP contribution in [0.5, 0.6) is 0 Å². The van der Waals surface area contributed by atoms with Gasteiger partial charge in [-0.3, -0.25) is 9.59 Å². The molecule has 1 unspecified atom stereocenters. The van der Waals surface area contributed by atoms with Gasteiger partial charge in [-0.1, -0.05) is 31.2 Å². The lowest BCUT2D eigenvalue weighted by Crippen LogP contribution is -2.32. The number of aromatic nitrogens is 3. The molecule has 0 radical (unpaired) electrons. The minimum atomic E-state index is -0.471. The third-order valence-electron chi connectivity index (χ3n) is 4.54.